The maximum absolute atomic E-state index is 6.25. The monoisotopic (exact) mass is 238 g/mol. The summed E-state index contributed by atoms with van der Waals surface area (Å²) >= 11 is 0. The van der Waals surface area contributed by atoms with E-state index in [0.717, 1.165) is 0 Å². The number of unbranched alkanes of at least 4 members (excludes halogenated alkanes) is 4. The summed E-state index contributed by atoms with van der Waals surface area (Å²) < 4.78 is 1.44. The van der Waals surface area contributed by atoms with Gasteiger partial charge >= 0.3 is 0 Å². The second kappa shape index (κ2) is 10.6. The van der Waals surface area contributed by atoms with Gasteiger partial charge < -0.3 is 16.3 Å². The summed E-state index contributed by atoms with van der Waals surface area (Å²) in [5, 5.41) is 6.25. The van der Waals surface area contributed by atoms with Crippen LogP contribution >= 0.6 is 0 Å². The Hall–Kier alpha value is -0.550. The molecule has 0 aromatic carbocycles. The molecule has 1 fully saturated rings. The Morgan fingerprint density at radius 1 is 0.882 bits per heavy atom. The van der Waals surface area contributed by atoms with E-state index in [1.54, 1.807) is 0 Å². The molecule has 0 unspecified atom stereocenters. The van der Waals surface area contributed by atoms with Crippen LogP contribution < -0.4 is 0 Å². The maximum atomic E-state index is 6.25. The summed E-state index contributed by atoms with van der Waals surface area (Å²) in [4.78, 5) is 0. The Labute approximate surface area is 108 Å². The highest BCUT2D eigenvalue weighted by molar-refractivity contribution is 4.54. The second-order valence-electron chi connectivity index (χ2n) is 5.30. The first-order chi connectivity index (χ1) is 8.33. The molecule has 1 heterocycles. The minimum Gasteiger partial charge on any atom is -0.512 e. The van der Waals surface area contributed by atoms with Crippen LogP contribution in [-0.4, -0.2) is 30.7 Å². The van der Waals surface area contributed by atoms with Crippen LogP contribution in [0.2, 0.25) is 0 Å². The third-order valence-corrected chi connectivity index (χ3v) is 4.17. The Morgan fingerprint density at radius 3 is 2.00 bits per heavy atom. The highest BCUT2D eigenvalue weighted by atomic mass is 15.3. The van der Waals surface area contributed by atoms with Gasteiger partial charge in [-0.3, -0.25) is 0 Å². The quantitative estimate of drug-likeness (QED) is 0.372. The van der Waals surface area contributed by atoms with E-state index in [1.807, 2.05) is 0 Å². The van der Waals surface area contributed by atoms with Crippen molar-refractivity contribution in [2.75, 3.05) is 26.2 Å². The van der Waals surface area contributed by atoms with E-state index < -0.39 is 0 Å². The molecule has 0 bridgehead atoms. The highest BCUT2D eigenvalue weighted by Crippen LogP contribution is 2.20. The summed E-state index contributed by atoms with van der Waals surface area (Å²) in [7, 11) is 0. The third-order valence-electron chi connectivity index (χ3n) is 4.17. The Morgan fingerprint density at radius 2 is 1.47 bits per heavy atom. The van der Waals surface area contributed by atoms with Crippen molar-refractivity contribution in [2.24, 2.45) is 0 Å². The fourth-order valence-electron chi connectivity index (χ4n) is 2.93. The predicted molar refractivity (Wildman–Crippen MR) is 73.0 cm³/mol. The van der Waals surface area contributed by atoms with Crippen molar-refractivity contribution in [1.29, 1.82) is 5.26 Å². The Kier molecular flexibility index (Phi) is 10.3. The van der Waals surface area contributed by atoms with Gasteiger partial charge in [-0.1, -0.05) is 26.2 Å². The van der Waals surface area contributed by atoms with Crippen molar-refractivity contribution in [3.05, 3.63) is 6.57 Å². The molecule has 1 saturated heterocycles. The molecule has 0 saturated carbocycles. The molecule has 100 valence electrons. The zero-order valence-corrected chi connectivity index (χ0v) is 11.9. The normalized spacial score (nSPS) is 18.1. The first kappa shape index (κ1) is 16.4. The van der Waals surface area contributed by atoms with E-state index in [9.17, 15) is 0 Å². The molecule has 0 spiro atoms. The van der Waals surface area contributed by atoms with Gasteiger partial charge in [-0.25, -0.2) is 0 Å². The fraction of sp³-hybridized carbons (Fsp3) is 0.933. The lowest BCUT2D eigenvalue weighted by Crippen LogP contribution is -2.51. The number of likely N-dealkylation sites (tertiary alicyclic amines) is 1. The lowest BCUT2D eigenvalue weighted by atomic mass is 10.1. The average Bonchev–Trinajstić information content (AvgIpc) is 2.42. The number of rotatable bonds is 7. The topological polar surface area (TPSA) is 23.8 Å². The van der Waals surface area contributed by atoms with Crippen molar-refractivity contribution in [3.8, 4) is 0 Å². The molecule has 0 radical (unpaired) electrons. The summed E-state index contributed by atoms with van der Waals surface area (Å²) in [6, 6.07) is 0. The van der Waals surface area contributed by atoms with Crippen LogP contribution in [0.4, 0.5) is 0 Å². The van der Waals surface area contributed by atoms with E-state index >= 15 is 0 Å². The van der Waals surface area contributed by atoms with Crippen LogP contribution in [0, 0.1) is 11.8 Å². The molecule has 2 heteroatoms. The fourth-order valence-corrected chi connectivity index (χ4v) is 2.93. The number of quaternary nitrogens is 1. The zero-order valence-electron chi connectivity index (χ0n) is 11.9. The highest BCUT2D eigenvalue weighted by Gasteiger charge is 2.26. The number of hydrogen-bond acceptors (Lipinski definition) is 1. The number of piperidine rings is 1. The van der Waals surface area contributed by atoms with Crippen LogP contribution in [0.1, 0.15) is 65.2 Å². The molecule has 0 N–H and O–H groups in total. The number of nitrogens with zero attached hydrogens (tertiary/aromatic N) is 2. The SMILES string of the molecule is CCCCCCC[N+]1(CC)CCCCC1.[C-]#N. The van der Waals surface area contributed by atoms with Gasteiger partial charge in [0.25, 0.3) is 0 Å². The van der Waals surface area contributed by atoms with Crippen molar-refractivity contribution in [2.45, 2.75) is 65.2 Å². The van der Waals surface area contributed by atoms with Crippen molar-refractivity contribution in [1.82, 2.24) is 0 Å². The molecule has 0 atom stereocenters. The summed E-state index contributed by atoms with van der Waals surface area (Å²) in [5.41, 5.74) is 0. The second-order valence-corrected chi connectivity index (χ2v) is 5.30. The smallest absolute Gasteiger partial charge is 0.0786 e. The van der Waals surface area contributed by atoms with Gasteiger partial charge in [0.15, 0.2) is 0 Å². The molecular weight excluding hydrogens is 208 g/mol. The van der Waals surface area contributed by atoms with Crippen molar-refractivity contribution < 1.29 is 4.48 Å². The molecule has 2 nitrogen and oxygen atoms in total. The molecule has 0 aromatic heterocycles. The first-order valence-corrected chi connectivity index (χ1v) is 7.40. The van der Waals surface area contributed by atoms with E-state index in [4.69, 9.17) is 11.8 Å². The summed E-state index contributed by atoms with van der Waals surface area (Å²) in [6.45, 7) is 15.2. The minimum absolute atomic E-state index is 1.37. The van der Waals surface area contributed by atoms with Gasteiger partial charge in [0.2, 0.25) is 0 Å². The molecule has 0 amide bonds. The first-order valence-electron chi connectivity index (χ1n) is 7.40. The van der Waals surface area contributed by atoms with Crippen LogP contribution in [0.15, 0.2) is 0 Å². The largest absolute Gasteiger partial charge is 0.512 e. The summed E-state index contributed by atoms with van der Waals surface area (Å²) in [5.74, 6) is 0. The Balaban J connectivity index is 0.00000121. The maximum Gasteiger partial charge on any atom is 0.0786 e. The average molecular weight is 238 g/mol. The van der Waals surface area contributed by atoms with Crippen LogP contribution in [-0.2, 0) is 0 Å². The van der Waals surface area contributed by atoms with Crippen LogP contribution in [0.25, 0.3) is 0 Å². The van der Waals surface area contributed by atoms with Gasteiger partial charge in [0.1, 0.15) is 0 Å². The molecular formula is C15H30N2. The van der Waals surface area contributed by atoms with E-state index in [1.165, 1.54) is 82.0 Å². The van der Waals surface area contributed by atoms with Crippen molar-refractivity contribution >= 4 is 0 Å². The molecule has 0 aromatic rings. The lowest BCUT2D eigenvalue weighted by molar-refractivity contribution is -0.931. The van der Waals surface area contributed by atoms with Gasteiger partial charge in [-0.05, 0) is 39.0 Å². The van der Waals surface area contributed by atoms with Crippen LogP contribution in [0.3, 0.4) is 0 Å². The van der Waals surface area contributed by atoms with Gasteiger partial charge in [0.05, 0.1) is 26.2 Å². The number of hydrogen-bond donors (Lipinski definition) is 0. The van der Waals surface area contributed by atoms with Gasteiger partial charge in [-0.2, -0.15) is 0 Å². The molecule has 1 aliphatic rings. The van der Waals surface area contributed by atoms with Gasteiger partial charge in [-0.15, -0.1) is 0 Å². The molecule has 1 aliphatic heterocycles. The van der Waals surface area contributed by atoms with E-state index in [0.29, 0.717) is 0 Å². The molecule has 1 rings (SSSR count). The minimum atomic E-state index is 1.37. The van der Waals surface area contributed by atoms with Crippen LogP contribution in [0.5, 0.6) is 0 Å². The van der Waals surface area contributed by atoms with Crippen molar-refractivity contribution in [3.63, 3.8) is 0 Å². The Bertz CT molecular complexity index is 181. The lowest BCUT2D eigenvalue weighted by Gasteiger charge is -2.41. The van der Waals surface area contributed by atoms with E-state index in [2.05, 4.69) is 13.8 Å². The predicted octanol–water partition coefficient (Wildman–Crippen LogP) is 4.07. The zero-order chi connectivity index (χ0) is 13.0. The molecule has 17 heavy (non-hydrogen) atoms. The van der Waals surface area contributed by atoms with E-state index in [-0.39, 0.29) is 0 Å². The van der Waals surface area contributed by atoms with Gasteiger partial charge in [0, 0.05) is 0 Å². The standard InChI is InChI=1S/C14H30N.CN/c1-3-5-6-7-9-12-15(4-2)13-10-8-11-14-15;1-2/h3-14H2,1-2H3;/q+1;-1. The third kappa shape index (κ3) is 6.68. The molecule has 0 aliphatic carbocycles. The summed E-state index contributed by atoms with van der Waals surface area (Å²) in [6.07, 6.45) is 11.6.